The van der Waals surface area contributed by atoms with Crippen LogP contribution >= 0.6 is 24.2 Å². The fraction of sp³-hybridized carbons (Fsp3) is 0.250. The summed E-state index contributed by atoms with van der Waals surface area (Å²) in [5, 5.41) is 4.51. The summed E-state index contributed by atoms with van der Waals surface area (Å²) in [6.07, 6.45) is 6.49. The maximum absolute atomic E-state index is 2.34. The van der Waals surface area contributed by atoms with E-state index in [-0.39, 0.29) is 17.0 Å². The van der Waals surface area contributed by atoms with Crippen molar-refractivity contribution >= 4 is 40.2 Å². The van der Waals surface area contributed by atoms with Gasteiger partial charge in [-0.2, -0.15) is 0 Å². The first-order valence-corrected chi connectivity index (χ1v) is 11.4. The van der Waals surface area contributed by atoms with Crippen LogP contribution in [-0.2, 0) is 0 Å². The van der Waals surface area contributed by atoms with Crippen LogP contribution in [-0.4, -0.2) is 6.16 Å². The molecule has 3 aromatic rings. The van der Waals surface area contributed by atoms with Crippen LogP contribution in [0.15, 0.2) is 91.0 Å². The van der Waals surface area contributed by atoms with E-state index in [1.807, 2.05) is 0 Å². The zero-order chi connectivity index (χ0) is 17.4. The second-order valence-corrected chi connectivity index (χ2v) is 10.2. The third-order valence-electron chi connectivity index (χ3n) is 4.94. The summed E-state index contributed by atoms with van der Waals surface area (Å²) in [4.78, 5) is 0. The first-order valence-electron chi connectivity index (χ1n) is 9.43. The van der Waals surface area contributed by atoms with Crippen molar-refractivity contribution in [3.8, 4) is 0 Å². The highest BCUT2D eigenvalue weighted by Gasteiger charge is 2.32. The summed E-state index contributed by atoms with van der Waals surface area (Å²) in [6.45, 7) is 2.29. The molecule has 0 saturated heterocycles. The summed E-state index contributed by atoms with van der Waals surface area (Å²) >= 11 is 0. The molecule has 1 radical (unpaired) electrons. The van der Waals surface area contributed by atoms with Crippen LogP contribution < -0.4 is 15.9 Å². The van der Waals surface area contributed by atoms with E-state index in [4.69, 9.17) is 0 Å². The molecule has 0 nitrogen and oxygen atoms in total. The molecule has 0 aromatic heterocycles. The zero-order valence-corrected chi connectivity index (χ0v) is 18.2. The van der Waals surface area contributed by atoms with Crippen molar-refractivity contribution in [2.75, 3.05) is 6.16 Å². The first kappa shape index (κ1) is 20.9. The van der Waals surface area contributed by atoms with E-state index >= 15 is 0 Å². The normalized spacial score (nSPS) is 11.0. The Balaban J connectivity index is 0.00000243. The lowest BCUT2D eigenvalue weighted by Gasteiger charge is -2.38. The number of hydrogen-bond acceptors (Lipinski definition) is 0. The largest absolute Gasteiger partial charge is 0.114 e. The minimum Gasteiger partial charge on any atom is -0.114 e. The van der Waals surface area contributed by atoms with Gasteiger partial charge < -0.3 is 0 Å². The predicted molar refractivity (Wildman–Crippen MR) is 124 cm³/mol. The van der Waals surface area contributed by atoms with Gasteiger partial charge >= 0.3 is 0 Å². The van der Waals surface area contributed by atoms with Crippen LogP contribution in [0.25, 0.3) is 0 Å². The molecule has 0 heterocycles. The third kappa shape index (κ3) is 4.64. The Morgan fingerprint density at radius 1 is 0.538 bits per heavy atom. The molecular formula is C24H29BrP. The van der Waals surface area contributed by atoms with Gasteiger partial charge in [-0.25, -0.2) is 0 Å². The number of halogens is 1. The van der Waals surface area contributed by atoms with E-state index in [1.54, 1.807) is 0 Å². The number of unbranched alkanes of at least 4 members (excludes halogenated alkanes) is 3. The highest BCUT2D eigenvalue weighted by atomic mass is 79.9. The minimum atomic E-state index is -1.59. The Hall–Kier alpha value is -1.43. The molecule has 0 spiro atoms. The van der Waals surface area contributed by atoms with Crippen molar-refractivity contribution in [1.29, 1.82) is 0 Å². The van der Waals surface area contributed by atoms with Gasteiger partial charge in [0.2, 0.25) is 0 Å². The summed E-state index contributed by atoms with van der Waals surface area (Å²) in [5.74, 6) is 0. The van der Waals surface area contributed by atoms with Gasteiger partial charge in [-0.15, -0.1) is 17.0 Å². The highest BCUT2D eigenvalue weighted by Crippen LogP contribution is 2.55. The average Bonchev–Trinajstić information content (AvgIpc) is 2.70. The second-order valence-electron chi connectivity index (χ2n) is 6.60. The van der Waals surface area contributed by atoms with Gasteiger partial charge in [-0.1, -0.05) is 117 Å². The van der Waals surface area contributed by atoms with E-state index in [0.29, 0.717) is 0 Å². The smallest absolute Gasteiger partial charge is 0.0196 e. The molecule has 0 unspecified atom stereocenters. The molecule has 0 atom stereocenters. The van der Waals surface area contributed by atoms with Crippen LogP contribution in [0.2, 0.25) is 0 Å². The van der Waals surface area contributed by atoms with Crippen LogP contribution in [0.4, 0.5) is 0 Å². The lowest BCUT2D eigenvalue weighted by Crippen LogP contribution is -2.33. The topological polar surface area (TPSA) is 0 Å². The minimum absolute atomic E-state index is 0. The molecule has 0 aliphatic rings. The van der Waals surface area contributed by atoms with Crippen LogP contribution in [0.3, 0.4) is 0 Å². The van der Waals surface area contributed by atoms with Crippen molar-refractivity contribution in [2.24, 2.45) is 0 Å². The summed E-state index contributed by atoms with van der Waals surface area (Å²) in [7, 11) is -1.59. The fourth-order valence-corrected chi connectivity index (χ4v) is 8.07. The summed E-state index contributed by atoms with van der Waals surface area (Å²) < 4.78 is 0. The van der Waals surface area contributed by atoms with Crippen molar-refractivity contribution in [2.45, 2.75) is 32.6 Å². The molecule has 0 bridgehead atoms. The molecule has 0 aliphatic heterocycles. The maximum atomic E-state index is 2.34. The molecule has 137 valence electrons. The van der Waals surface area contributed by atoms with Gasteiger partial charge in [-0.05, 0) is 35.8 Å². The van der Waals surface area contributed by atoms with Gasteiger partial charge in [0.25, 0.3) is 0 Å². The van der Waals surface area contributed by atoms with Crippen molar-refractivity contribution in [3.05, 3.63) is 91.0 Å². The molecule has 0 fully saturated rings. The fourth-order valence-electron chi connectivity index (χ4n) is 3.66. The lowest BCUT2D eigenvalue weighted by molar-refractivity contribution is 0.705. The van der Waals surface area contributed by atoms with E-state index in [2.05, 4.69) is 97.9 Å². The number of rotatable bonds is 8. The molecule has 3 aromatic carbocycles. The lowest BCUT2D eigenvalue weighted by atomic mass is 10.2. The van der Waals surface area contributed by atoms with E-state index in [0.717, 1.165) is 0 Å². The molecule has 3 rings (SSSR count). The molecule has 2 heteroatoms. The maximum Gasteiger partial charge on any atom is -0.0196 e. The Morgan fingerprint density at radius 3 is 1.27 bits per heavy atom. The van der Waals surface area contributed by atoms with Crippen molar-refractivity contribution in [1.82, 2.24) is 0 Å². The summed E-state index contributed by atoms with van der Waals surface area (Å²) in [6, 6.07) is 33.6. The third-order valence-corrected chi connectivity index (χ3v) is 9.46. The Bertz CT molecular complexity index is 644. The van der Waals surface area contributed by atoms with Gasteiger partial charge in [0.15, 0.2) is 0 Å². The number of benzene rings is 3. The molecule has 0 amide bonds. The highest BCUT2D eigenvalue weighted by molar-refractivity contribution is 8.93. The molecule has 0 N–H and O–H groups in total. The van der Waals surface area contributed by atoms with Crippen LogP contribution in [0, 0.1) is 0 Å². The quantitative estimate of drug-likeness (QED) is 0.299. The molecule has 0 saturated carbocycles. The first-order chi connectivity index (χ1) is 12.4. The standard InChI is InChI=1S/C24H28P.BrH/c1-2-3-4-14-21-25(22-15-8-5-9-16-22,23-17-10-6-11-18-23)24-19-12-7-13-20-24;/h5-13,15-20H,2-4,14,21H2,1H3;1H. The molecular weight excluding hydrogens is 399 g/mol. The van der Waals surface area contributed by atoms with E-state index in [1.165, 1.54) is 47.8 Å². The van der Waals surface area contributed by atoms with Crippen LogP contribution in [0.5, 0.6) is 0 Å². The Labute approximate surface area is 169 Å². The van der Waals surface area contributed by atoms with Gasteiger partial charge in [0.1, 0.15) is 0 Å². The average molecular weight is 428 g/mol. The molecule has 26 heavy (non-hydrogen) atoms. The van der Waals surface area contributed by atoms with Crippen molar-refractivity contribution in [3.63, 3.8) is 0 Å². The molecule has 0 aliphatic carbocycles. The Kier molecular flexibility index (Phi) is 8.55. The SMILES string of the molecule is Br.CCCCCC[P](c1ccccc1)(c1ccccc1)c1ccccc1. The number of hydrogen-bond donors (Lipinski definition) is 0. The summed E-state index contributed by atoms with van der Waals surface area (Å²) in [5.41, 5.74) is 0. The predicted octanol–water partition coefficient (Wildman–Crippen LogP) is 6.14. The zero-order valence-electron chi connectivity index (χ0n) is 15.6. The Morgan fingerprint density at radius 2 is 0.923 bits per heavy atom. The van der Waals surface area contributed by atoms with Gasteiger partial charge in [-0.3, -0.25) is 0 Å². The van der Waals surface area contributed by atoms with Gasteiger partial charge in [0.05, 0.1) is 0 Å². The monoisotopic (exact) mass is 427 g/mol. The van der Waals surface area contributed by atoms with Crippen LogP contribution in [0.1, 0.15) is 32.6 Å². The second kappa shape index (κ2) is 10.7. The van der Waals surface area contributed by atoms with Gasteiger partial charge in [0, 0.05) is 0 Å². The van der Waals surface area contributed by atoms with E-state index < -0.39 is 7.26 Å². The van der Waals surface area contributed by atoms with Crippen molar-refractivity contribution < 1.29 is 0 Å². The van der Waals surface area contributed by atoms with E-state index in [9.17, 15) is 0 Å².